The van der Waals surface area contributed by atoms with Crippen LogP contribution in [0.4, 0.5) is 0 Å². The van der Waals surface area contributed by atoms with E-state index in [0.717, 1.165) is 5.56 Å². The predicted molar refractivity (Wildman–Crippen MR) is 74.2 cm³/mol. The third kappa shape index (κ3) is 3.40. The molecule has 0 amide bonds. The van der Waals surface area contributed by atoms with Crippen LogP contribution in [0.25, 0.3) is 0 Å². The number of hydrogen-bond donors (Lipinski definition) is 1. The molecule has 0 aliphatic carbocycles. The van der Waals surface area contributed by atoms with Crippen molar-refractivity contribution in [1.82, 2.24) is 0 Å². The second-order valence-corrected chi connectivity index (χ2v) is 4.62. The first kappa shape index (κ1) is 13.7. The van der Waals surface area contributed by atoms with Crippen LogP contribution in [0.2, 0.25) is 10.0 Å². The summed E-state index contributed by atoms with van der Waals surface area (Å²) in [6.07, 6.45) is 0. The summed E-state index contributed by atoms with van der Waals surface area (Å²) in [5, 5.41) is 9.72. The lowest BCUT2D eigenvalue weighted by Gasteiger charge is -2.08. The van der Waals surface area contributed by atoms with Gasteiger partial charge in [0.15, 0.2) is 0 Å². The van der Waals surface area contributed by atoms with E-state index in [9.17, 15) is 4.79 Å². The molecule has 2 rings (SSSR count). The number of benzene rings is 2. The monoisotopic (exact) mass is 296 g/mol. The zero-order valence-electron chi connectivity index (χ0n) is 9.77. The van der Waals surface area contributed by atoms with Gasteiger partial charge in [0.25, 0.3) is 0 Å². The summed E-state index contributed by atoms with van der Waals surface area (Å²) < 4.78 is 5.53. The van der Waals surface area contributed by atoms with Crippen molar-refractivity contribution >= 4 is 29.2 Å². The molecule has 0 saturated carbocycles. The molecule has 2 aromatic rings. The third-order valence-corrected chi connectivity index (χ3v) is 3.39. The number of halogens is 2. The van der Waals surface area contributed by atoms with E-state index in [1.807, 2.05) is 6.07 Å². The number of rotatable bonds is 4. The first-order valence-electron chi connectivity index (χ1n) is 5.47. The van der Waals surface area contributed by atoms with Crippen molar-refractivity contribution in [2.75, 3.05) is 0 Å². The third-order valence-electron chi connectivity index (χ3n) is 2.53. The van der Waals surface area contributed by atoms with Crippen LogP contribution in [0.5, 0.6) is 5.75 Å². The van der Waals surface area contributed by atoms with Gasteiger partial charge in [0.1, 0.15) is 12.4 Å². The zero-order chi connectivity index (χ0) is 13.8. The van der Waals surface area contributed by atoms with Crippen LogP contribution < -0.4 is 4.74 Å². The van der Waals surface area contributed by atoms with Gasteiger partial charge in [-0.05, 0) is 30.3 Å². The first-order valence-corrected chi connectivity index (χ1v) is 6.22. The van der Waals surface area contributed by atoms with Crippen LogP contribution in [-0.2, 0) is 6.61 Å². The van der Waals surface area contributed by atoms with E-state index in [1.54, 1.807) is 24.3 Å². The molecule has 0 radical (unpaired) electrons. The summed E-state index contributed by atoms with van der Waals surface area (Å²) in [7, 11) is 0. The molecule has 3 nitrogen and oxygen atoms in total. The summed E-state index contributed by atoms with van der Waals surface area (Å²) in [5.41, 5.74) is 0.990. The maximum absolute atomic E-state index is 10.7. The Kier molecular flexibility index (Phi) is 4.30. The molecule has 0 atom stereocenters. The summed E-state index contributed by atoms with van der Waals surface area (Å²) in [5.74, 6) is -0.398. The summed E-state index contributed by atoms with van der Waals surface area (Å²) >= 11 is 11.9. The quantitative estimate of drug-likeness (QED) is 0.916. The SMILES string of the molecule is O=C(O)c1ccc(OCc2cccc(Cl)c2Cl)cc1. The van der Waals surface area contributed by atoms with Gasteiger partial charge in [0.2, 0.25) is 0 Å². The highest BCUT2D eigenvalue weighted by Crippen LogP contribution is 2.26. The predicted octanol–water partition coefficient (Wildman–Crippen LogP) is 4.27. The Labute approximate surface area is 120 Å². The fourth-order valence-electron chi connectivity index (χ4n) is 1.51. The molecular weight excluding hydrogens is 287 g/mol. The minimum absolute atomic E-state index is 0.216. The average Bonchev–Trinajstić information content (AvgIpc) is 2.41. The van der Waals surface area contributed by atoms with Gasteiger partial charge in [-0.3, -0.25) is 0 Å². The van der Waals surface area contributed by atoms with Crippen LogP contribution in [-0.4, -0.2) is 11.1 Å². The van der Waals surface area contributed by atoms with Gasteiger partial charge in [-0.15, -0.1) is 0 Å². The van der Waals surface area contributed by atoms with Gasteiger partial charge in [0.05, 0.1) is 15.6 Å². The Hall–Kier alpha value is -1.71. The second-order valence-electron chi connectivity index (χ2n) is 3.83. The molecule has 0 fully saturated rings. The number of carboxylic acid groups (broad SMARTS) is 1. The molecule has 98 valence electrons. The maximum Gasteiger partial charge on any atom is 0.335 e. The molecule has 0 saturated heterocycles. The largest absolute Gasteiger partial charge is 0.489 e. The van der Waals surface area contributed by atoms with Gasteiger partial charge < -0.3 is 9.84 Å². The van der Waals surface area contributed by atoms with E-state index in [-0.39, 0.29) is 12.2 Å². The topological polar surface area (TPSA) is 46.5 Å². The van der Waals surface area contributed by atoms with Crippen molar-refractivity contribution in [3.05, 3.63) is 63.6 Å². The fraction of sp³-hybridized carbons (Fsp3) is 0.0714. The molecule has 0 heterocycles. The Morgan fingerprint density at radius 3 is 2.42 bits per heavy atom. The van der Waals surface area contributed by atoms with Crippen molar-refractivity contribution in [1.29, 1.82) is 0 Å². The van der Waals surface area contributed by atoms with E-state index >= 15 is 0 Å². The van der Waals surface area contributed by atoms with Gasteiger partial charge >= 0.3 is 5.97 Å². The van der Waals surface area contributed by atoms with Crippen LogP contribution in [0.1, 0.15) is 15.9 Å². The molecular formula is C14H10Cl2O3. The lowest BCUT2D eigenvalue weighted by atomic mass is 10.2. The standard InChI is InChI=1S/C14H10Cl2O3/c15-12-3-1-2-10(13(12)16)8-19-11-6-4-9(5-7-11)14(17)18/h1-7H,8H2,(H,17,18). The number of aromatic carboxylic acids is 1. The summed E-state index contributed by atoms with van der Waals surface area (Å²) in [6.45, 7) is 0.270. The van der Waals surface area contributed by atoms with E-state index in [2.05, 4.69) is 0 Å². The van der Waals surface area contributed by atoms with Gasteiger partial charge in [-0.2, -0.15) is 0 Å². The van der Waals surface area contributed by atoms with E-state index in [1.165, 1.54) is 12.1 Å². The van der Waals surface area contributed by atoms with Gasteiger partial charge in [-0.1, -0.05) is 35.3 Å². The highest BCUT2D eigenvalue weighted by Gasteiger charge is 2.06. The molecule has 0 aliphatic rings. The molecule has 1 N–H and O–H groups in total. The summed E-state index contributed by atoms with van der Waals surface area (Å²) in [4.78, 5) is 10.7. The van der Waals surface area contributed by atoms with Crippen LogP contribution in [0, 0.1) is 0 Å². The van der Waals surface area contributed by atoms with Crippen molar-refractivity contribution in [3.8, 4) is 5.75 Å². The molecule has 0 aliphatic heterocycles. The molecule has 19 heavy (non-hydrogen) atoms. The minimum atomic E-state index is -0.968. The van der Waals surface area contributed by atoms with Gasteiger partial charge in [-0.25, -0.2) is 4.79 Å². The van der Waals surface area contributed by atoms with Crippen LogP contribution in [0.15, 0.2) is 42.5 Å². The van der Waals surface area contributed by atoms with Crippen molar-refractivity contribution in [3.63, 3.8) is 0 Å². The number of carboxylic acids is 1. The lowest BCUT2D eigenvalue weighted by molar-refractivity contribution is 0.0697. The molecule has 0 spiro atoms. The normalized spacial score (nSPS) is 10.2. The Balaban J connectivity index is 2.06. The van der Waals surface area contributed by atoms with E-state index in [4.69, 9.17) is 33.0 Å². The fourth-order valence-corrected chi connectivity index (χ4v) is 1.89. The average molecular weight is 297 g/mol. The number of ether oxygens (including phenoxy) is 1. The zero-order valence-corrected chi connectivity index (χ0v) is 11.3. The van der Waals surface area contributed by atoms with Crippen molar-refractivity contribution in [2.45, 2.75) is 6.61 Å². The van der Waals surface area contributed by atoms with Gasteiger partial charge in [0, 0.05) is 5.56 Å². The molecule has 0 bridgehead atoms. The smallest absolute Gasteiger partial charge is 0.335 e. The van der Waals surface area contributed by atoms with E-state index in [0.29, 0.717) is 15.8 Å². The molecule has 2 aromatic carbocycles. The maximum atomic E-state index is 10.7. The molecule has 0 unspecified atom stereocenters. The van der Waals surface area contributed by atoms with Crippen molar-refractivity contribution < 1.29 is 14.6 Å². The summed E-state index contributed by atoms with van der Waals surface area (Å²) in [6, 6.07) is 11.5. The van der Waals surface area contributed by atoms with E-state index < -0.39 is 5.97 Å². The first-order chi connectivity index (χ1) is 9.08. The minimum Gasteiger partial charge on any atom is -0.489 e. The molecule has 5 heteroatoms. The van der Waals surface area contributed by atoms with Crippen LogP contribution in [0.3, 0.4) is 0 Å². The Morgan fingerprint density at radius 1 is 1.11 bits per heavy atom. The number of hydrogen-bond acceptors (Lipinski definition) is 2. The number of carbonyl (C=O) groups is 1. The molecule has 0 aromatic heterocycles. The Morgan fingerprint density at radius 2 is 1.79 bits per heavy atom. The van der Waals surface area contributed by atoms with Crippen molar-refractivity contribution in [2.24, 2.45) is 0 Å². The lowest BCUT2D eigenvalue weighted by Crippen LogP contribution is -1.98. The Bertz CT molecular complexity index is 594. The van der Waals surface area contributed by atoms with Crippen LogP contribution >= 0.6 is 23.2 Å². The second kappa shape index (κ2) is 5.95. The highest BCUT2D eigenvalue weighted by atomic mass is 35.5. The highest BCUT2D eigenvalue weighted by molar-refractivity contribution is 6.42.